The molecule has 0 amide bonds. The van der Waals surface area contributed by atoms with Gasteiger partial charge in [0.2, 0.25) is 0 Å². The molecule has 0 saturated carbocycles. The molecule has 0 heterocycles. The summed E-state index contributed by atoms with van der Waals surface area (Å²) >= 11 is 0. The van der Waals surface area contributed by atoms with Crippen molar-refractivity contribution in [1.29, 1.82) is 0 Å². The number of nitrogens with one attached hydrogen (secondary N) is 1. The highest BCUT2D eigenvalue weighted by molar-refractivity contribution is 5.25. The Morgan fingerprint density at radius 2 is 1.72 bits per heavy atom. The van der Waals surface area contributed by atoms with Crippen LogP contribution in [0.3, 0.4) is 0 Å². The standard InChI is InChI=1S/C17H29N/c1-4-7-13-17(6-3,15-18-14-5-2)16-11-9-8-10-12-16/h8-12,18H,4-7,13-15H2,1-3H3. The van der Waals surface area contributed by atoms with Crippen molar-refractivity contribution >= 4 is 0 Å². The van der Waals surface area contributed by atoms with Crippen LogP contribution < -0.4 is 5.32 Å². The molecule has 0 aromatic heterocycles. The van der Waals surface area contributed by atoms with E-state index in [2.05, 4.69) is 56.4 Å². The second-order valence-electron chi connectivity index (χ2n) is 5.28. The van der Waals surface area contributed by atoms with Gasteiger partial charge >= 0.3 is 0 Å². The zero-order valence-electron chi connectivity index (χ0n) is 12.3. The fourth-order valence-electron chi connectivity index (χ4n) is 2.65. The average Bonchev–Trinajstić information content (AvgIpc) is 2.44. The van der Waals surface area contributed by atoms with Crippen molar-refractivity contribution in [2.45, 2.75) is 58.3 Å². The highest BCUT2D eigenvalue weighted by atomic mass is 14.9. The zero-order valence-corrected chi connectivity index (χ0v) is 12.3. The summed E-state index contributed by atoms with van der Waals surface area (Å²) in [7, 11) is 0. The number of unbranched alkanes of at least 4 members (excludes halogenated alkanes) is 1. The summed E-state index contributed by atoms with van der Waals surface area (Å²) in [5.41, 5.74) is 1.83. The van der Waals surface area contributed by atoms with Gasteiger partial charge < -0.3 is 5.32 Å². The smallest absolute Gasteiger partial charge is 0.00751 e. The van der Waals surface area contributed by atoms with Crippen molar-refractivity contribution in [2.75, 3.05) is 13.1 Å². The molecule has 1 aromatic rings. The molecule has 0 aliphatic carbocycles. The van der Waals surface area contributed by atoms with E-state index in [0.717, 1.165) is 13.1 Å². The Bertz CT molecular complexity index is 307. The van der Waals surface area contributed by atoms with E-state index in [1.165, 1.54) is 37.7 Å². The lowest BCUT2D eigenvalue weighted by atomic mass is 9.74. The normalized spacial score (nSPS) is 14.4. The number of benzene rings is 1. The number of rotatable bonds is 9. The maximum atomic E-state index is 3.63. The molecule has 0 bridgehead atoms. The highest BCUT2D eigenvalue weighted by Gasteiger charge is 2.28. The Labute approximate surface area is 113 Å². The fraction of sp³-hybridized carbons (Fsp3) is 0.647. The first-order valence-corrected chi connectivity index (χ1v) is 7.55. The summed E-state index contributed by atoms with van der Waals surface area (Å²) < 4.78 is 0. The lowest BCUT2D eigenvalue weighted by molar-refractivity contribution is 0.344. The summed E-state index contributed by atoms with van der Waals surface area (Å²) in [6, 6.07) is 11.1. The van der Waals surface area contributed by atoms with Crippen LogP contribution in [0, 0.1) is 0 Å². The van der Waals surface area contributed by atoms with Crippen LogP contribution in [-0.2, 0) is 5.41 Å². The van der Waals surface area contributed by atoms with Crippen molar-refractivity contribution in [2.24, 2.45) is 0 Å². The van der Waals surface area contributed by atoms with E-state index in [1.54, 1.807) is 0 Å². The first-order chi connectivity index (χ1) is 8.79. The molecule has 102 valence electrons. The Hall–Kier alpha value is -0.820. The molecule has 1 heteroatoms. The fourth-order valence-corrected chi connectivity index (χ4v) is 2.65. The van der Waals surface area contributed by atoms with Gasteiger partial charge in [-0.3, -0.25) is 0 Å². The van der Waals surface area contributed by atoms with Gasteiger partial charge in [-0.15, -0.1) is 0 Å². The minimum absolute atomic E-state index is 0.326. The van der Waals surface area contributed by atoms with E-state index in [9.17, 15) is 0 Å². The molecule has 1 aromatic carbocycles. The van der Waals surface area contributed by atoms with E-state index in [-0.39, 0.29) is 0 Å². The third kappa shape index (κ3) is 4.13. The van der Waals surface area contributed by atoms with Gasteiger partial charge in [-0.2, -0.15) is 0 Å². The monoisotopic (exact) mass is 247 g/mol. The zero-order chi connectivity index (χ0) is 13.3. The lowest BCUT2D eigenvalue weighted by Crippen LogP contribution is -2.38. The Morgan fingerprint density at radius 3 is 2.28 bits per heavy atom. The van der Waals surface area contributed by atoms with Crippen LogP contribution in [0.2, 0.25) is 0 Å². The van der Waals surface area contributed by atoms with Crippen LogP contribution in [0.5, 0.6) is 0 Å². The van der Waals surface area contributed by atoms with E-state index in [1.807, 2.05) is 0 Å². The third-order valence-electron chi connectivity index (χ3n) is 3.96. The molecule has 0 spiro atoms. The topological polar surface area (TPSA) is 12.0 Å². The van der Waals surface area contributed by atoms with Crippen LogP contribution in [-0.4, -0.2) is 13.1 Å². The highest BCUT2D eigenvalue weighted by Crippen LogP contribution is 2.32. The van der Waals surface area contributed by atoms with Gasteiger partial charge in [0.15, 0.2) is 0 Å². The van der Waals surface area contributed by atoms with Gasteiger partial charge in [0.1, 0.15) is 0 Å². The first-order valence-electron chi connectivity index (χ1n) is 7.55. The molecule has 18 heavy (non-hydrogen) atoms. The molecule has 0 radical (unpaired) electrons. The number of hydrogen-bond acceptors (Lipinski definition) is 1. The van der Waals surface area contributed by atoms with Crippen LogP contribution in [0.4, 0.5) is 0 Å². The molecule has 1 rings (SSSR count). The van der Waals surface area contributed by atoms with Gasteiger partial charge in [0, 0.05) is 12.0 Å². The molecule has 0 aliphatic rings. The minimum Gasteiger partial charge on any atom is -0.316 e. The second-order valence-corrected chi connectivity index (χ2v) is 5.28. The van der Waals surface area contributed by atoms with Crippen molar-refractivity contribution in [3.63, 3.8) is 0 Å². The first kappa shape index (κ1) is 15.2. The van der Waals surface area contributed by atoms with Gasteiger partial charge in [-0.05, 0) is 31.4 Å². The van der Waals surface area contributed by atoms with Crippen LogP contribution in [0.25, 0.3) is 0 Å². The van der Waals surface area contributed by atoms with Crippen molar-refractivity contribution < 1.29 is 0 Å². The molecule has 0 saturated heterocycles. The Kier molecular flexibility index (Phi) is 7.04. The lowest BCUT2D eigenvalue weighted by Gasteiger charge is -2.34. The second kappa shape index (κ2) is 8.31. The van der Waals surface area contributed by atoms with Crippen LogP contribution >= 0.6 is 0 Å². The molecule has 1 N–H and O–H groups in total. The average molecular weight is 247 g/mol. The Balaban J connectivity index is 2.83. The van der Waals surface area contributed by atoms with Gasteiger partial charge in [0.25, 0.3) is 0 Å². The van der Waals surface area contributed by atoms with Crippen LogP contribution in [0.1, 0.15) is 58.4 Å². The predicted octanol–water partition coefficient (Wildman–Crippen LogP) is 4.52. The summed E-state index contributed by atoms with van der Waals surface area (Å²) in [5.74, 6) is 0. The quantitative estimate of drug-likeness (QED) is 0.632. The van der Waals surface area contributed by atoms with E-state index < -0.39 is 0 Å². The maximum absolute atomic E-state index is 3.63. The molecule has 1 atom stereocenters. The molecule has 0 fully saturated rings. The Morgan fingerprint density at radius 1 is 1.00 bits per heavy atom. The summed E-state index contributed by atoms with van der Waals surface area (Å²) in [6.45, 7) is 9.08. The van der Waals surface area contributed by atoms with E-state index in [0.29, 0.717) is 5.41 Å². The molecular formula is C17H29N. The predicted molar refractivity (Wildman–Crippen MR) is 81.1 cm³/mol. The SMILES string of the molecule is CCCCC(CC)(CNCCC)c1ccccc1. The molecule has 1 nitrogen and oxygen atoms in total. The van der Waals surface area contributed by atoms with E-state index >= 15 is 0 Å². The largest absolute Gasteiger partial charge is 0.316 e. The summed E-state index contributed by atoms with van der Waals surface area (Å²) in [5, 5.41) is 3.63. The molecule has 0 aliphatic heterocycles. The van der Waals surface area contributed by atoms with Gasteiger partial charge in [-0.25, -0.2) is 0 Å². The minimum atomic E-state index is 0.326. The van der Waals surface area contributed by atoms with Gasteiger partial charge in [0.05, 0.1) is 0 Å². The van der Waals surface area contributed by atoms with Gasteiger partial charge in [-0.1, -0.05) is 63.9 Å². The van der Waals surface area contributed by atoms with Crippen LogP contribution in [0.15, 0.2) is 30.3 Å². The van der Waals surface area contributed by atoms with Crippen molar-refractivity contribution in [3.8, 4) is 0 Å². The number of hydrogen-bond donors (Lipinski definition) is 1. The third-order valence-corrected chi connectivity index (χ3v) is 3.96. The van der Waals surface area contributed by atoms with Crippen molar-refractivity contribution in [1.82, 2.24) is 5.32 Å². The van der Waals surface area contributed by atoms with E-state index in [4.69, 9.17) is 0 Å². The molecule has 1 unspecified atom stereocenters. The maximum Gasteiger partial charge on any atom is 0.00751 e. The summed E-state index contributed by atoms with van der Waals surface area (Å²) in [4.78, 5) is 0. The van der Waals surface area contributed by atoms with Crippen molar-refractivity contribution in [3.05, 3.63) is 35.9 Å². The summed E-state index contributed by atoms with van der Waals surface area (Å²) in [6.07, 6.45) is 6.32. The molecular weight excluding hydrogens is 218 g/mol.